The summed E-state index contributed by atoms with van der Waals surface area (Å²) < 4.78 is 4.94. The van der Waals surface area contributed by atoms with Crippen molar-refractivity contribution in [3.05, 3.63) is 53.4 Å². The lowest BCUT2D eigenvalue weighted by atomic mass is 10.2. The van der Waals surface area contributed by atoms with E-state index in [1.807, 2.05) is 29.2 Å². The Morgan fingerprint density at radius 3 is 2.33 bits per heavy atom. The van der Waals surface area contributed by atoms with E-state index in [2.05, 4.69) is 0 Å². The number of nitrogens with zero attached hydrogens (tertiary/aromatic N) is 2. The van der Waals surface area contributed by atoms with Gasteiger partial charge in [0.05, 0.1) is 17.6 Å². The first-order valence-corrected chi connectivity index (χ1v) is 8.97. The fourth-order valence-electron chi connectivity index (χ4n) is 2.49. The Hall–Kier alpha value is -1.92. The molecule has 7 heteroatoms. The Morgan fingerprint density at radius 1 is 1.04 bits per heavy atom. The number of carbonyl (C=O) groups is 2. The number of benzene rings is 1. The van der Waals surface area contributed by atoms with Crippen LogP contribution in [0.2, 0.25) is 5.02 Å². The van der Waals surface area contributed by atoms with Gasteiger partial charge in [-0.15, -0.1) is 11.8 Å². The molecule has 126 valence electrons. The highest BCUT2D eigenvalue weighted by Gasteiger charge is 2.25. The summed E-state index contributed by atoms with van der Waals surface area (Å²) in [4.78, 5) is 29.1. The Bertz CT molecular complexity index is 695. The van der Waals surface area contributed by atoms with E-state index in [-0.39, 0.29) is 11.8 Å². The van der Waals surface area contributed by atoms with Crippen LogP contribution in [0.1, 0.15) is 10.4 Å². The third-order valence-corrected chi connectivity index (χ3v) is 5.11. The minimum atomic E-state index is -0.0496. The highest BCUT2D eigenvalue weighted by atomic mass is 35.5. The van der Waals surface area contributed by atoms with Crippen molar-refractivity contribution in [1.82, 2.24) is 9.80 Å². The predicted molar refractivity (Wildman–Crippen MR) is 93.4 cm³/mol. The van der Waals surface area contributed by atoms with Crippen LogP contribution in [0, 0.1) is 0 Å². The summed E-state index contributed by atoms with van der Waals surface area (Å²) in [7, 11) is 0. The van der Waals surface area contributed by atoms with Crippen LogP contribution in [0.5, 0.6) is 0 Å². The summed E-state index contributed by atoms with van der Waals surface area (Å²) >= 11 is 7.34. The van der Waals surface area contributed by atoms with Crippen molar-refractivity contribution < 1.29 is 14.0 Å². The number of hydrogen-bond donors (Lipinski definition) is 0. The van der Waals surface area contributed by atoms with Gasteiger partial charge in [-0.1, -0.05) is 11.6 Å². The van der Waals surface area contributed by atoms with E-state index in [0.717, 1.165) is 4.90 Å². The zero-order valence-electron chi connectivity index (χ0n) is 13.0. The minimum Gasteiger partial charge on any atom is -0.472 e. The highest BCUT2D eigenvalue weighted by molar-refractivity contribution is 8.00. The number of amides is 2. The second-order valence-electron chi connectivity index (χ2n) is 5.43. The van der Waals surface area contributed by atoms with Crippen LogP contribution in [-0.4, -0.2) is 53.5 Å². The van der Waals surface area contributed by atoms with Crippen molar-refractivity contribution in [2.24, 2.45) is 0 Å². The van der Waals surface area contributed by atoms with E-state index < -0.39 is 0 Å². The number of halogens is 1. The normalized spacial score (nSPS) is 14.7. The number of rotatable bonds is 4. The lowest BCUT2D eigenvalue weighted by molar-refractivity contribution is -0.129. The summed E-state index contributed by atoms with van der Waals surface area (Å²) in [6.45, 7) is 2.20. The fraction of sp³-hybridized carbons (Fsp3) is 0.294. The van der Waals surface area contributed by atoms with Crippen LogP contribution in [0.4, 0.5) is 0 Å². The monoisotopic (exact) mass is 364 g/mol. The molecule has 0 aliphatic carbocycles. The SMILES string of the molecule is O=C(CSc1ccc(Cl)cc1)N1CCN(C(=O)c2ccoc2)CC1. The van der Waals surface area contributed by atoms with Crippen molar-refractivity contribution in [3.63, 3.8) is 0 Å². The molecule has 1 aromatic carbocycles. The van der Waals surface area contributed by atoms with Gasteiger partial charge in [0, 0.05) is 36.1 Å². The van der Waals surface area contributed by atoms with Gasteiger partial charge in [0.15, 0.2) is 0 Å². The van der Waals surface area contributed by atoms with Gasteiger partial charge in [-0.05, 0) is 30.3 Å². The molecule has 1 saturated heterocycles. The van der Waals surface area contributed by atoms with Crippen molar-refractivity contribution in [3.8, 4) is 0 Å². The molecule has 0 bridgehead atoms. The Kier molecular flexibility index (Phi) is 5.48. The van der Waals surface area contributed by atoms with Crippen molar-refractivity contribution >= 4 is 35.2 Å². The van der Waals surface area contributed by atoms with Crippen molar-refractivity contribution in [2.75, 3.05) is 31.9 Å². The standard InChI is InChI=1S/C17H17ClN2O3S/c18-14-1-3-15(4-2-14)24-12-16(21)19-6-8-20(9-7-19)17(22)13-5-10-23-11-13/h1-5,10-11H,6-9,12H2. The molecule has 1 aliphatic rings. The van der Waals surface area contributed by atoms with E-state index in [9.17, 15) is 9.59 Å². The van der Waals surface area contributed by atoms with E-state index >= 15 is 0 Å². The first-order chi connectivity index (χ1) is 11.6. The van der Waals surface area contributed by atoms with Gasteiger partial charge in [-0.25, -0.2) is 0 Å². The molecular weight excluding hydrogens is 348 g/mol. The second-order valence-corrected chi connectivity index (χ2v) is 6.91. The van der Waals surface area contributed by atoms with E-state index in [1.165, 1.54) is 24.3 Å². The quantitative estimate of drug-likeness (QED) is 0.782. The average Bonchev–Trinajstić information content (AvgIpc) is 3.15. The average molecular weight is 365 g/mol. The number of thioether (sulfide) groups is 1. The molecule has 2 amide bonds. The van der Waals surface area contributed by atoms with Crippen LogP contribution in [0.25, 0.3) is 0 Å². The number of piperazine rings is 1. The van der Waals surface area contributed by atoms with E-state index in [0.29, 0.717) is 42.5 Å². The topological polar surface area (TPSA) is 53.8 Å². The number of carbonyl (C=O) groups excluding carboxylic acids is 2. The fourth-order valence-corrected chi connectivity index (χ4v) is 3.42. The highest BCUT2D eigenvalue weighted by Crippen LogP contribution is 2.21. The van der Waals surface area contributed by atoms with Gasteiger partial charge in [0.25, 0.3) is 5.91 Å². The Labute approximate surface area is 149 Å². The molecule has 0 atom stereocenters. The zero-order chi connectivity index (χ0) is 16.9. The number of furan rings is 1. The van der Waals surface area contributed by atoms with Crippen molar-refractivity contribution in [1.29, 1.82) is 0 Å². The molecule has 0 saturated carbocycles. The molecule has 3 rings (SSSR count). The summed E-state index contributed by atoms with van der Waals surface area (Å²) in [5.74, 6) is 0.425. The first-order valence-electron chi connectivity index (χ1n) is 7.61. The van der Waals surface area contributed by atoms with Crippen LogP contribution in [-0.2, 0) is 4.79 Å². The molecule has 0 spiro atoms. The molecule has 0 radical (unpaired) electrons. The van der Waals surface area contributed by atoms with Crippen LogP contribution < -0.4 is 0 Å². The molecule has 2 aromatic rings. The summed E-state index contributed by atoms with van der Waals surface area (Å²) in [6, 6.07) is 9.09. The molecule has 1 aromatic heterocycles. The maximum absolute atomic E-state index is 12.3. The Balaban J connectivity index is 1.46. The molecule has 1 fully saturated rings. The number of hydrogen-bond acceptors (Lipinski definition) is 4. The maximum Gasteiger partial charge on any atom is 0.257 e. The molecule has 0 N–H and O–H groups in total. The van der Waals surface area contributed by atoms with Crippen LogP contribution in [0.15, 0.2) is 52.2 Å². The van der Waals surface area contributed by atoms with Gasteiger partial charge >= 0.3 is 0 Å². The lowest BCUT2D eigenvalue weighted by Crippen LogP contribution is -2.51. The smallest absolute Gasteiger partial charge is 0.257 e. The van der Waals surface area contributed by atoms with Gasteiger partial charge < -0.3 is 14.2 Å². The summed E-state index contributed by atoms with van der Waals surface area (Å²) in [5, 5.41) is 0.684. The second kappa shape index (κ2) is 7.77. The Morgan fingerprint density at radius 2 is 1.71 bits per heavy atom. The van der Waals surface area contributed by atoms with Gasteiger partial charge in [0.2, 0.25) is 5.91 Å². The molecule has 1 aliphatic heterocycles. The van der Waals surface area contributed by atoms with E-state index in [1.54, 1.807) is 11.0 Å². The summed E-state index contributed by atoms with van der Waals surface area (Å²) in [6.07, 6.45) is 2.93. The lowest BCUT2D eigenvalue weighted by Gasteiger charge is -2.34. The van der Waals surface area contributed by atoms with Crippen molar-refractivity contribution in [2.45, 2.75) is 4.90 Å². The summed E-state index contributed by atoms with van der Waals surface area (Å²) in [5.41, 5.74) is 0.549. The minimum absolute atomic E-state index is 0.0496. The first kappa shape index (κ1) is 16.9. The van der Waals surface area contributed by atoms with Gasteiger partial charge in [-0.2, -0.15) is 0 Å². The molecule has 5 nitrogen and oxygen atoms in total. The van der Waals surface area contributed by atoms with Gasteiger partial charge in [0.1, 0.15) is 6.26 Å². The third-order valence-electron chi connectivity index (χ3n) is 3.86. The van der Waals surface area contributed by atoms with Crippen LogP contribution in [0.3, 0.4) is 0 Å². The molecule has 0 unspecified atom stereocenters. The molecule has 2 heterocycles. The zero-order valence-corrected chi connectivity index (χ0v) is 14.6. The largest absolute Gasteiger partial charge is 0.472 e. The van der Waals surface area contributed by atoms with E-state index in [4.69, 9.17) is 16.0 Å². The van der Waals surface area contributed by atoms with Crippen LogP contribution >= 0.6 is 23.4 Å². The predicted octanol–water partition coefficient (Wildman–Crippen LogP) is 3.01. The third kappa shape index (κ3) is 4.13. The van der Waals surface area contributed by atoms with Gasteiger partial charge in [-0.3, -0.25) is 9.59 Å². The maximum atomic E-state index is 12.3. The molecular formula is C17H17ClN2O3S. The molecule has 24 heavy (non-hydrogen) atoms.